The number of carbonyl (C=O) groups is 1. The summed E-state index contributed by atoms with van der Waals surface area (Å²) >= 11 is 9.62. The van der Waals surface area contributed by atoms with E-state index in [2.05, 4.69) is 17.9 Å². The van der Waals surface area contributed by atoms with Crippen LogP contribution in [0.2, 0.25) is 5.02 Å². The van der Waals surface area contributed by atoms with Crippen molar-refractivity contribution in [1.82, 2.24) is 0 Å². The van der Waals surface area contributed by atoms with Crippen LogP contribution < -0.4 is 5.32 Å². The number of halogens is 1. The summed E-state index contributed by atoms with van der Waals surface area (Å²) in [5.41, 5.74) is 0.718. The third kappa shape index (κ3) is 3.12. The average molecular weight is 232 g/mol. The van der Waals surface area contributed by atoms with Crippen molar-refractivity contribution in [3.05, 3.63) is 29.3 Å². The number of anilines is 1. The Labute approximate surface area is 92.5 Å². The summed E-state index contributed by atoms with van der Waals surface area (Å²) in [4.78, 5) is 10.7. The number of hydrogen-bond donors (Lipinski definition) is 3. The maximum Gasteiger partial charge on any atom is 0.326 e. The lowest BCUT2D eigenvalue weighted by atomic mass is 10.2. The number of thiol groups is 1. The molecule has 0 saturated carbocycles. The van der Waals surface area contributed by atoms with E-state index in [1.54, 1.807) is 24.3 Å². The van der Waals surface area contributed by atoms with Gasteiger partial charge in [0.25, 0.3) is 0 Å². The molecule has 3 nitrogen and oxygen atoms in total. The molecule has 76 valence electrons. The second kappa shape index (κ2) is 5.12. The van der Waals surface area contributed by atoms with Crippen molar-refractivity contribution in [2.75, 3.05) is 11.1 Å². The molecule has 0 radical (unpaired) electrons. The Morgan fingerprint density at radius 2 is 2.07 bits per heavy atom. The van der Waals surface area contributed by atoms with E-state index in [0.29, 0.717) is 5.02 Å². The molecule has 0 amide bonds. The lowest BCUT2D eigenvalue weighted by Crippen LogP contribution is -2.30. The first-order chi connectivity index (χ1) is 6.63. The van der Waals surface area contributed by atoms with Crippen LogP contribution in [0, 0.1) is 0 Å². The molecule has 0 unspecified atom stereocenters. The molecule has 14 heavy (non-hydrogen) atoms. The van der Waals surface area contributed by atoms with Gasteiger partial charge in [0.05, 0.1) is 0 Å². The van der Waals surface area contributed by atoms with Gasteiger partial charge in [-0.05, 0) is 24.3 Å². The molecular weight excluding hydrogens is 222 g/mol. The summed E-state index contributed by atoms with van der Waals surface area (Å²) in [7, 11) is 0. The Morgan fingerprint density at radius 1 is 1.50 bits per heavy atom. The second-order valence-electron chi connectivity index (χ2n) is 2.72. The van der Waals surface area contributed by atoms with Gasteiger partial charge in [-0.2, -0.15) is 12.6 Å². The summed E-state index contributed by atoms with van der Waals surface area (Å²) < 4.78 is 0. The Bertz CT molecular complexity index is 315. The van der Waals surface area contributed by atoms with E-state index in [1.165, 1.54) is 0 Å². The van der Waals surface area contributed by atoms with Crippen LogP contribution in [0.1, 0.15) is 0 Å². The van der Waals surface area contributed by atoms with Crippen LogP contribution >= 0.6 is 24.2 Å². The van der Waals surface area contributed by atoms with E-state index in [9.17, 15) is 4.79 Å². The summed E-state index contributed by atoms with van der Waals surface area (Å²) in [6, 6.07) is 6.16. The van der Waals surface area contributed by atoms with E-state index in [-0.39, 0.29) is 5.75 Å². The molecule has 1 aromatic carbocycles. The van der Waals surface area contributed by atoms with Gasteiger partial charge in [0.2, 0.25) is 0 Å². The van der Waals surface area contributed by atoms with Crippen LogP contribution in [0.3, 0.4) is 0 Å². The van der Waals surface area contributed by atoms with Gasteiger partial charge < -0.3 is 10.4 Å². The Morgan fingerprint density at radius 3 is 2.50 bits per heavy atom. The summed E-state index contributed by atoms with van der Waals surface area (Å²) in [5, 5.41) is 12.2. The number of benzene rings is 1. The van der Waals surface area contributed by atoms with Crippen LogP contribution in [-0.2, 0) is 4.79 Å². The molecule has 1 atom stereocenters. The number of carboxylic acids is 1. The van der Waals surface area contributed by atoms with Crippen molar-refractivity contribution >= 4 is 35.9 Å². The van der Waals surface area contributed by atoms with E-state index < -0.39 is 12.0 Å². The maximum atomic E-state index is 10.7. The molecule has 0 fully saturated rings. The highest BCUT2D eigenvalue weighted by atomic mass is 35.5. The van der Waals surface area contributed by atoms with Gasteiger partial charge in [-0.1, -0.05) is 11.6 Å². The molecule has 0 aromatic heterocycles. The highest BCUT2D eigenvalue weighted by Crippen LogP contribution is 2.14. The highest BCUT2D eigenvalue weighted by Gasteiger charge is 2.14. The van der Waals surface area contributed by atoms with E-state index in [0.717, 1.165) is 5.69 Å². The standard InChI is InChI=1S/C9H10ClNO2S/c10-6-1-3-7(4-2-6)11-8(5-14)9(12)13/h1-4,8,11,14H,5H2,(H,12,13)/t8-/m0/s1. The minimum Gasteiger partial charge on any atom is -0.480 e. The Kier molecular flexibility index (Phi) is 4.10. The highest BCUT2D eigenvalue weighted by molar-refractivity contribution is 7.80. The molecule has 0 aliphatic heterocycles. The third-order valence-corrected chi connectivity index (χ3v) is 2.28. The van der Waals surface area contributed by atoms with E-state index in [4.69, 9.17) is 16.7 Å². The summed E-state index contributed by atoms with van der Waals surface area (Å²) in [6.07, 6.45) is 0. The predicted molar refractivity (Wildman–Crippen MR) is 60.4 cm³/mol. The SMILES string of the molecule is O=C(O)[C@H](CS)Nc1ccc(Cl)cc1. The maximum absolute atomic E-state index is 10.7. The zero-order chi connectivity index (χ0) is 10.6. The number of aliphatic carboxylic acids is 1. The molecule has 0 heterocycles. The fraction of sp³-hybridized carbons (Fsp3) is 0.222. The smallest absolute Gasteiger partial charge is 0.326 e. The van der Waals surface area contributed by atoms with Gasteiger partial charge in [-0.25, -0.2) is 4.79 Å². The number of nitrogens with one attached hydrogen (secondary N) is 1. The first-order valence-electron chi connectivity index (χ1n) is 3.99. The van der Waals surface area contributed by atoms with Crippen molar-refractivity contribution in [3.63, 3.8) is 0 Å². The van der Waals surface area contributed by atoms with Crippen LogP contribution in [0.15, 0.2) is 24.3 Å². The van der Waals surface area contributed by atoms with Gasteiger partial charge in [-0.3, -0.25) is 0 Å². The molecule has 0 spiro atoms. The number of carboxylic acid groups (broad SMARTS) is 1. The first-order valence-corrected chi connectivity index (χ1v) is 5.00. The van der Waals surface area contributed by atoms with Crippen LogP contribution in [0.25, 0.3) is 0 Å². The Hall–Kier alpha value is -0.870. The van der Waals surface area contributed by atoms with Gasteiger partial charge in [0, 0.05) is 16.5 Å². The molecule has 0 aliphatic rings. The first kappa shape index (κ1) is 11.2. The number of hydrogen-bond acceptors (Lipinski definition) is 3. The fourth-order valence-corrected chi connectivity index (χ4v) is 1.31. The minimum absolute atomic E-state index is 0.234. The van der Waals surface area contributed by atoms with Crippen LogP contribution in [0.4, 0.5) is 5.69 Å². The topological polar surface area (TPSA) is 49.3 Å². The molecular formula is C9H10ClNO2S. The molecule has 1 aromatic rings. The molecule has 2 N–H and O–H groups in total. The van der Waals surface area contributed by atoms with Crippen molar-refractivity contribution in [2.45, 2.75) is 6.04 Å². The largest absolute Gasteiger partial charge is 0.480 e. The van der Waals surface area contributed by atoms with Gasteiger partial charge in [0.1, 0.15) is 6.04 Å². The van der Waals surface area contributed by atoms with Crippen LogP contribution in [0.5, 0.6) is 0 Å². The molecule has 5 heteroatoms. The predicted octanol–water partition coefficient (Wildman–Crippen LogP) is 2.13. The molecule has 0 aliphatic carbocycles. The molecule has 0 bridgehead atoms. The third-order valence-electron chi connectivity index (χ3n) is 1.67. The normalized spacial score (nSPS) is 12.1. The van der Waals surface area contributed by atoms with Gasteiger partial charge in [0.15, 0.2) is 0 Å². The van der Waals surface area contributed by atoms with Crippen LogP contribution in [-0.4, -0.2) is 22.9 Å². The summed E-state index contributed by atoms with van der Waals surface area (Å²) in [5.74, 6) is -0.687. The second-order valence-corrected chi connectivity index (χ2v) is 3.53. The lowest BCUT2D eigenvalue weighted by Gasteiger charge is -2.12. The zero-order valence-electron chi connectivity index (χ0n) is 7.27. The van der Waals surface area contributed by atoms with Crippen molar-refractivity contribution in [2.24, 2.45) is 0 Å². The van der Waals surface area contributed by atoms with Crippen molar-refractivity contribution < 1.29 is 9.90 Å². The molecule has 0 saturated heterocycles. The van der Waals surface area contributed by atoms with Crippen molar-refractivity contribution in [3.8, 4) is 0 Å². The quantitative estimate of drug-likeness (QED) is 0.696. The summed E-state index contributed by atoms with van der Waals surface area (Å²) in [6.45, 7) is 0. The van der Waals surface area contributed by atoms with Gasteiger partial charge >= 0.3 is 5.97 Å². The monoisotopic (exact) mass is 231 g/mol. The molecule has 1 rings (SSSR count). The van der Waals surface area contributed by atoms with E-state index in [1.807, 2.05) is 0 Å². The minimum atomic E-state index is -0.921. The number of rotatable bonds is 4. The lowest BCUT2D eigenvalue weighted by molar-refractivity contribution is -0.137. The fourth-order valence-electron chi connectivity index (χ4n) is 0.933. The Balaban J connectivity index is 2.67. The van der Waals surface area contributed by atoms with E-state index >= 15 is 0 Å². The van der Waals surface area contributed by atoms with Gasteiger partial charge in [-0.15, -0.1) is 0 Å². The zero-order valence-corrected chi connectivity index (χ0v) is 8.92. The van der Waals surface area contributed by atoms with Crippen molar-refractivity contribution in [1.29, 1.82) is 0 Å². The average Bonchev–Trinajstić information content (AvgIpc) is 2.16.